The summed E-state index contributed by atoms with van der Waals surface area (Å²) < 4.78 is 2.95. The number of carbonyl (C=O) groups is 3. The summed E-state index contributed by atoms with van der Waals surface area (Å²) in [6.45, 7) is 0. The van der Waals surface area contributed by atoms with Crippen molar-refractivity contribution in [3.8, 4) is 0 Å². The van der Waals surface area contributed by atoms with E-state index in [2.05, 4.69) is 20.7 Å². The minimum Gasteiger partial charge on any atom is -0.364 e. The number of carbonyl (C=O) groups excluding carboxylic acids is 3. The molecule has 27 heavy (non-hydrogen) atoms. The molecule has 3 amide bonds. The largest absolute Gasteiger partial charge is 0.364 e. The molecule has 0 saturated carbocycles. The first-order chi connectivity index (χ1) is 12.8. The summed E-state index contributed by atoms with van der Waals surface area (Å²) >= 11 is 0. The Labute approximate surface area is 154 Å². The van der Waals surface area contributed by atoms with Gasteiger partial charge in [0, 0.05) is 31.7 Å². The van der Waals surface area contributed by atoms with Crippen LogP contribution in [-0.4, -0.2) is 37.1 Å². The van der Waals surface area contributed by atoms with Crippen LogP contribution in [0.3, 0.4) is 0 Å². The number of nitrogens with zero attached hydrogens (tertiary/aromatic N) is 4. The number of benzene rings is 1. The summed E-state index contributed by atoms with van der Waals surface area (Å²) in [7, 11) is 3.31. The highest BCUT2D eigenvalue weighted by Crippen LogP contribution is 2.16. The monoisotopic (exact) mass is 367 g/mol. The number of rotatable bonds is 5. The van der Waals surface area contributed by atoms with Crippen LogP contribution in [-0.2, 0) is 14.1 Å². The van der Waals surface area contributed by atoms with Crippen LogP contribution in [0.25, 0.3) is 0 Å². The molecule has 2 heterocycles. The van der Waals surface area contributed by atoms with Gasteiger partial charge in [0.05, 0.1) is 6.33 Å². The van der Waals surface area contributed by atoms with E-state index in [-0.39, 0.29) is 17.3 Å². The van der Waals surface area contributed by atoms with Crippen LogP contribution in [0.2, 0.25) is 0 Å². The fourth-order valence-electron chi connectivity index (χ4n) is 2.44. The second-order valence-corrected chi connectivity index (χ2v) is 5.78. The van der Waals surface area contributed by atoms with Crippen LogP contribution in [0.15, 0.2) is 42.9 Å². The van der Waals surface area contributed by atoms with Crippen molar-refractivity contribution in [2.24, 2.45) is 19.8 Å². The van der Waals surface area contributed by atoms with E-state index in [4.69, 9.17) is 5.73 Å². The number of aryl methyl sites for hydroxylation is 2. The Hall–Kier alpha value is -3.95. The fourth-order valence-corrected chi connectivity index (χ4v) is 2.44. The topological polar surface area (TPSA) is 137 Å². The molecule has 0 saturated heterocycles. The Morgan fingerprint density at radius 1 is 0.963 bits per heavy atom. The lowest BCUT2D eigenvalue weighted by atomic mass is 10.2. The first kappa shape index (κ1) is 17.9. The molecule has 0 aliphatic heterocycles. The van der Waals surface area contributed by atoms with Gasteiger partial charge in [-0.1, -0.05) is 0 Å². The van der Waals surface area contributed by atoms with Crippen LogP contribution >= 0.6 is 0 Å². The van der Waals surface area contributed by atoms with Crippen LogP contribution in [0, 0.1) is 0 Å². The van der Waals surface area contributed by atoms with Gasteiger partial charge in [-0.2, -0.15) is 5.10 Å². The predicted molar refractivity (Wildman–Crippen MR) is 97.3 cm³/mol. The van der Waals surface area contributed by atoms with Gasteiger partial charge in [-0.25, -0.2) is 4.98 Å². The van der Waals surface area contributed by atoms with Crippen LogP contribution in [0.1, 0.15) is 31.5 Å². The van der Waals surface area contributed by atoms with Crippen molar-refractivity contribution in [3.63, 3.8) is 0 Å². The smallest absolute Gasteiger partial charge is 0.276 e. The minimum atomic E-state index is -0.784. The van der Waals surface area contributed by atoms with E-state index in [0.29, 0.717) is 17.1 Å². The number of hydrogen-bond acceptors (Lipinski definition) is 5. The zero-order valence-corrected chi connectivity index (χ0v) is 14.6. The number of imidazole rings is 1. The first-order valence-electron chi connectivity index (χ1n) is 7.88. The quantitative estimate of drug-likeness (QED) is 0.611. The molecule has 0 fully saturated rings. The number of anilines is 2. The number of nitrogens with two attached hydrogens (primary N) is 1. The third-order valence-corrected chi connectivity index (χ3v) is 3.73. The highest BCUT2D eigenvalue weighted by Gasteiger charge is 2.21. The molecule has 0 bridgehead atoms. The van der Waals surface area contributed by atoms with Crippen LogP contribution in [0.4, 0.5) is 11.4 Å². The molecule has 3 rings (SSSR count). The van der Waals surface area contributed by atoms with Gasteiger partial charge in [-0.15, -0.1) is 0 Å². The maximum absolute atomic E-state index is 12.4. The lowest BCUT2D eigenvalue weighted by Gasteiger charge is -2.08. The highest BCUT2D eigenvalue weighted by molar-refractivity contribution is 6.10. The molecule has 138 valence electrons. The summed E-state index contributed by atoms with van der Waals surface area (Å²) in [5.41, 5.74) is 6.51. The normalized spacial score (nSPS) is 10.4. The van der Waals surface area contributed by atoms with E-state index in [1.807, 2.05) is 0 Å². The molecule has 10 heteroatoms. The third kappa shape index (κ3) is 3.84. The van der Waals surface area contributed by atoms with Gasteiger partial charge in [0.2, 0.25) is 0 Å². The molecule has 2 aromatic heterocycles. The standard InChI is InChI=1S/C17H17N7O3/c1-23-9-19-13(15(18)25)14(23)17(27)21-11-5-3-10(4-6-11)20-16(26)12-7-8-24(2)22-12/h3-9H,1-2H3,(H2,18,25)(H,20,26)(H,21,27). The van der Waals surface area contributed by atoms with E-state index < -0.39 is 11.8 Å². The van der Waals surface area contributed by atoms with Gasteiger partial charge in [0.1, 0.15) is 5.69 Å². The summed E-state index contributed by atoms with van der Waals surface area (Å²) in [6.07, 6.45) is 3.01. The molecule has 0 atom stereocenters. The van der Waals surface area contributed by atoms with Crippen molar-refractivity contribution in [2.75, 3.05) is 10.6 Å². The highest BCUT2D eigenvalue weighted by atomic mass is 16.2. The summed E-state index contributed by atoms with van der Waals surface area (Å²) in [5.74, 6) is -1.64. The first-order valence-corrected chi connectivity index (χ1v) is 7.88. The van der Waals surface area contributed by atoms with E-state index >= 15 is 0 Å². The number of primary amides is 1. The van der Waals surface area contributed by atoms with E-state index in [1.165, 1.54) is 15.6 Å². The molecular formula is C17H17N7O3. The summed E-state index contributed by atoms with van der Waals surface area (Å²) in [4.78, 5) is 39.7. The zero-order chi connectivity index (χ0) is 19.6. The average molecular weight is 367 g/mol. The molecule has 4 N–H and O–H groups in total. The molecule has 0 radical (unpaired) electrons. The number of nitrogens with one attached hydrogen (secondary N) is 2. The van der Waals surface area contributed by atoms with Gasteiger partial charge >= 0.3 is 0 Å². The Kier molecular flexibility index (Phi) is 4.71. The minimum absolute atomic E-state index is 0.0648. The molecule has 0 aliphatic rings. The van der Waals surface area contributed by atoms with Gasteiger partial charge in [-0.3, -0.25) is 19.1 Å². The maximum atomic E-state index is 12.4. The Morgan fingerprint density at radius 2 is 1.56 bits per heavy atom. The lowest BCUT2D eigenvalue weighted by Crippen LogP contribution is -2.22. The molecule has 0 unspecified atom stereocenters. The molecule has 3 aromatic rings. The van der Waals surface area contributed by atoms with Gasteiger partial charge in [0.25, 0.3) is 17.7 Å². The number of hydrogen-bond donors (Lipinski definition) is 3. The predicted octanol–water partition coefficient (Wildman–Crippen LogP) is 0.757. The third-order valence-electron chi connectivity index (χ3n) is 3.73. The van der Waals surface area contributed by atoms with Crippen LogP contribution in [0.5, 0.6) is 0 Å². The Balaban J connectivity index is 1.69. The molecule has 0 spiro atoms. The van der Waals surface area contributed by atoms with Crippen molar-refractivity contribution in [1.82, 2.24) is 19.3 Å². The summed E-state index contributed by atoms with van der Waals surface area (Å²) in [6, 6.07) is 8.11. The van der Waals surface area contributed by atoms with E-state index in [1.54, 1.807) is 50.6 Å². The Morgan fingerprint density at radius 3 is 2.07 bits per heavy atom. The second-order valence-electron chi connectivity index (χ2n) is 5.78. The average Bonchev–Trinajstić information content (AvgIpc) is 3.22. The number of aromatic nitrogens is 4. The molecular weight excluding hydrogens is 350 g/mol. The van der Waals surface area contributed by atoms with Crippen molar-refractivity contribution >= 4 is 29.1 Å². The van der Waals surface area contributed by atoms with E-state index in [0.717, 1.165) is 0 Å². The second kappa shape index (κ2) is 7.12. The summed E-state index contributed by atoms with van der Waals surface area (Å²) in [5, 5.41) is 9.39. The molecule has 0 aliphatic carbocycles. The SMILES string of the molecule is Cn1ccc(C(=O)Nc2ccc(NC(=O)c3c(C(N)=O)ncn3C)cc2)n1. The van der Waals surface area contributed by atoms with Gasteiger partial charge < -0.3 is 20.9 Å². The molecule has 10 nitrogen and oxygen atoms in total. The van der Waals surface area contributed by atoms with Gasteiger partial charge in [-0.05, 0) is 30.3 Å². The van der Waals surface area contributed by atoms with Gasteiger partial charge in [0.15, 0.2) is 11.4 Å². The maximum Gasteiger partial charge on any atom is 0.276 e. The van der Waals surface area contributed by atoms with Crippen molar-refractivity contribution in [3.05, 3.63) is 59.9 Å². The van der Waals surface area contributed by atoms with Crippen molar-refractivity contribution in [1.29, 1.82) is 0 Å². The Bertz CT molecular complexity index is 1020. The van der Waals surface area contributed by atoms with E-state index in [9.17, 15) is 14.4 Å². The fraction of sp³-hybridized carbons (Fsp3) is 0.118. The van der Waals surface area contributed by atoms with Crippen LogP contribution < -0.4 is 16.4 Å². The molecule has 1 aromatic carbocycles. The zero-order valence-electron chi connectivity index (χ0n) is 14.6. The van der Waals surface area contributed by atoms with Crippen molar-refractivity contribution in [2.45, 2.75) is 0 Å². The lowest BCUT2D eigenvalue weighted by molar-refractivity contribution is 0.0970. The number of amides is 3. The van der Waals surface area contributed by atoms with Crippen molar-refractivity contribution < 1.29 is 14.4 Å².